The number of pyridine rings is 1. The van der Waals surface area contributed by atoms with E-state index in [1.807, 2.05) is 0 Å². The van der Waals surface area contributed by atoms with Crippen LogP contribution >= 0.6 is 0 Å². The number of aryl methyl sites for hydroxylation is 1. The quantitative estimate of drug-likeness (QED) is 0.660. The Balaban J connectivity index is 2.38. The van der Waals surface area contributed by atoms with Crippen molar-refractivity contribution in [3.05, 3.63) is 63.6 Å². The molecule has 0 aliphatic rings. The number of amidine groups is 1. The molecule has 110 valence electrons. The molecular formula is C14H12F3N3O. The van der Waals surface area contributed by atoms with Crippen molar-refractivity contribution in [3.63, 3.8) is 0 Å². The van der Waals surface area contributed by atoms with E-state index in [4.69, 9.17) is 5.73 Å². The van der Waals surface area contributed by atoms with E-state index in [-0.39, 0.29) is 17.1 Å². The Labute approximate surface area is 118 Å². The van der Waals surface area contributed by atoms with E-state index in [0.717, 1.165) is 12.1 Å². The first-order valence-corrected chi connectivity index (χ1v) is 5.99. The van der Waals surface area contributed by atoms with Crippen LogP contribution in [0.2, 0.25) is 0 Å². The number of hydrogen-bond acceptors (Lipinski definition) is 2. The highest BCUT2D eigenvalue weighted by atomic mass is 19.4. The molecule has 1 aromatic heterocycles. The third-order valence-electron chi connectivity index (χ3n) is 2.87. The van der Waals surface area contributed by atoms with Gasteiger partial charge in [0.1, 0.15) is 5.84 Å². The van der Waals surface area contributed by atoms with Crippen LogP contribution in [0.4, 0.5) is 18.9 Å². The van der Waals surface area contributed by atoms with E-state index in [2.05, 4.69) is 9.98 Å². The first kappa shape index (κ1) is 14.8. The summed E-state index contributed by atoms with van der Waals surface area (Å²) in [6.45, 7) is 1.69. The molecule has 1 aromatic carbocycles. The average Bonchev–Trinajstić information content (AvgIpc) is 2.38. The van der Waals surface area contributed by atoms with Gasteiger partial charge in [-0.15, -0.1) is 0 Å². The number of rotatable bonds is 2. The molecule has 2 rings (SSSR count). The lowest BCUT2D eigenvalue weighted by Gasteiger charge is -2.07. The molecule has 0 amide bonds. The number of nitrogens with two attached hydrogens (primary N) is 1. The largest absolute Gasteiger partial charge is 0.416 e. The van der Waals surface area contributed by atoms with Crippen LogP contribution in [0.25, 0.3) is 0 Å². The van der Waals surface area contributed by atoms with Crippen molar-refractivity contribution in [2.24, 2.45) is 10.7 Å². The van der Waals surface area contributed by atoms with E-state index >= 15 is 0 Å². The summed E-state index contributed by atoms with van der Waals surface area (Å²) >= 11 is 0. The highest BCUT2D eigenvalue weighted by molar-refractivity contribution is 5.99. The predicted molar refractivity (Wildman–Crippen MR) is 73.6 cm³/mol. The summed E-state index contributed by atoms with van der Waals surface area (Å²) in [5.41, 5.74) is 5.67. The maximum Gasteiger partial charge on any atom is 0.416 e. The lowest BCUT2D eigenvalue weighted by molar-refractivity contribution is -0.137. The van der Waals surface area contributed by atoms with Crippen molar-refractivity contribution < 1.29 is 13.2 Å². The summed E-state index contributed by atoms with van der Waals surface area (Å²) in [5.74, 6) is -0.0471. The fourth-order valence-corrected chi connectivity index (χ4v) is 1.82. The van der Waals surface area contributed by atoms with Gasteiger partial charge in [-0.3, -0.25) is 4.79 Å². The zero-order chi connectivity index (χ0) is 15.6. The van der Waals surface area contributed by atoms with Gasteiger partial charge in [-0.1, -0.05) is 0 Å². The molecule has 0 bridgehead atoms. The minimum absolute atomic E-state index is 0.0471. The molecule has 3 N–H and O–H groups in total. The molecule has 0 atom stereocenters. The number of nitrogens with zero attached hydrogens (tertiary/aromatic N) is 1. The highest BCUT2D eigenvalue weighted by Gasteiger charge is 2.29. The Morgan fingerprint density at radius 3 is 2.33 bits per heavy atom. The zero-order valence-corrected chi connectivity index (χ0v) is 11.0. The van der Waals surface area contributed by atoms with Crippen molar-refractivity contribution in [1.29, 1.82) is 0 Å². The standard InChI is InChI=1S/C14H12F3N3O/c1-8-6-7-19-13(21)11(8)12(18)20-10-4-2-9(3-5-10)14(15,16)17/h2-7H,1H3,(H2,18,20)(H,19,21). The van der Waals surface area contributed by atoms with Gasteiger partial charge >= 0.3 is 6.18 Å². The molecule has 0 spiro atoms. The Morgan fingerprint density at radius 1 is 1.19 bits per heavy atom. The Bertz CT molecular complexity index is 730. The monoisotopic (exact) mass is 295 g/mol. The summed E-state index contributed by atoms with van der Waals surface area (Å²) < 4.78 is 37.3. The van der Waals surface area contributed by atoms with Crippen molar-refractivity contribution in [2.75, 3.05) is 0 Å². The first-order valence-electron chi connectivity index (χ1n) is 5.99. The molecular weight excluding hydrogens is 283 g/mol. The average molecular weight is 295 g/mol. The minimum atomic E-state index is -4.40. The summed E-state index contributed by atoms with van der Waals surface area (Å²) in [4.78, 5) is 18.1. The normalized spacial score (nSPS) is 12.5. The van der Waals surface area contributed by atoms with Crippen molar-refractivity contribution in [2.45, 2.75) is 13.1 Å². The number of aromatic amines is 1. The van der Waals surface area contributed by atoms with E-state index < -0.39 is 17.3 Å². The smallest absolute Gasteiger partial charge is 0.383 e. The van der Waals surface area contributed by atoms with Crippen LogP contribution in [-0.4, -0.2) is 10.8 Å². The van der Waals surface area contributed by atoms with Crippen LogP contribution in [0.15, 0.2) is 46.3 Å². The SMILES string of the molecule is Cc1cc[nH]c(=O)c1C(N)=Nc1ccc(C(F)(F)F)cc1. The van der Waals surface area contributed by atoms with Crippen LogP contribution in [0, 0.1) is 6.92 Å². The molecule has 0 unspecified atom stereocenters. The number of aromatic nitrogens is 1. The summed E-state index contributed by atoms with van der Waals surface area (Å²) in [6.07, 6.45) is -2.92. The number of alkyl halides is 3. The minimum Gasteiger partial charge on any atom is -0.383 e. The maximum absolute atomic E-state index is 12.4. The summed E-state index contributed by atoms with van der Waals surface area (Å²) in [5, 5.41) is 0. The third kappa shape index (κ3) is 3.31. The maximum atomic E-state index is 12.4. The Hall–Kier alpha value is -2.57. The van der Waals surface area contributed by atoms with Gasteiger partial charge in [0.2, 0.25) is 0 Å². The van der Waals surface area contributed by atoms with E-state index in [1.54, 1.807) is 13.0 Å². The lowest BCUT2D eigenvalue weighted by atomic mass is 10.1. The van der Waals surface area contributed by atoms with Gasteiger partial charge < -0.3 is 10.7 Å². The van der Waals surface area contributed by atoms with E-state index in [0.29, 0.717) is 5.56 Å². The molecule has 0 saturated heterocycles. The third-order valence-corrected chi connectivity index (χ3v) is 2.87. The number of halogens is 3. The summed E-state index contributed by atoms with van der Waals surface area (Å²) in [7, 11) is 0. The molecule has 0 radical (unpaired) electrons. The van der Waals surface area contributed by atoms with Crippen LogP contribution in [0.3, 0.4) is 0 Å². The van der Waals surface area contributed by atoms with E-state index in [1.165, 1.54) is 18.3 Å². The number of nitrogens with one attached hydrogen (secondary N) is 1. The molecule has 0 fully saturated rings. The van der Waals surface area contributed by atoms with Gasteiger partial charge in [0.15, 0.2) is 0 Å². The number of aliphatic imine (C=N–C) groups is 1. The Kier molecular flexibility index (Phi) is 3.84. The first-order chi connectivity index (χ1) is 9.79. The van der Waals surface area contributed by atoms with Gasteiger partial charge in [0, 0.05) is 6.20 Å². The van der Waals surface area contributed by atoms with Gasteiger partial charge in [0.05, 0.1) is 16.8 Å². The lowest BCUT2D eigenvalue weighted by Crippen LogP contribution is -2.25. The molecule has 4 nitrogen and oxygen atoms in total. The fraction of sp³-hybridized carbons (Fsp3) is 0.143. The van der Waals surface area contributed by atoms with Crippen molar-refractivity contribution in [1.82, 2.24) is 4.98 Å². The van der Waals surface area contributed by atoms with Crippen LogP contribution in [-0.2, 0) is 6.18 Å². The molecule has 21 heavy (non-hydrogen) atoms. The second-order valence-corrected chi connectivity index (χ2v) is 4.41. The number of hydrogen-bond donors (Lipinski definition) is 2. The van der Waals surface area contributed by atoms with Crippen LogP contribution < -0.4 is 11.3 Å². The molecule has 1 heterocycles. The second kappa shape index (κ2) is 5.43. The predicted octanol–water partition coefficient (Wildman–Crippen LogP) is 2.74. The topological polar surface area (TPSA) is 71.2 Å². The number of benzene rings is 1. The van der Waals surface area contributed by atoms with Gasteiger partial charge in [-0.2, -0.15) is 13.2 Å². The molecule has 0 aliphatic carbocycles. The molecule has 0 aliphatic heterocycles. The Morgan fingerprint density at radius 2 is 1.81 bits per heavy atom. The zero-order valence-electron chi connectivity index (χ0n) is 11.0. The highest BCUT2D eigenvalue weighted by Crippen LogP contribution is 2.30. The second-order valence-electron chi connectivity index (χ2n) is 4.41. The fourth-order valence-electron chi connectivity index (χ4n) is 1.82. The molecule has 0 saturated carbocycles. The summed E-state index contributed by atoms with van der Waals surface area (Å²) in [6, 6.07) is 5.87. The van der Waals surface area contributed by atoms with Gasteiger partial charge in [-0.25, -0.2) is 4.99 Å². The van der Waals surface area contributed by atoms with Crippen LogP contribution in [0.1, 0.15) is 16.7 Å². The van der Waals surface area contributed by atoms with E-state index in [9.17, 15) is 18.0 Å². The molecule has 7 heteroatoms. The van der Waals surface area contributed by atoms with Crippen molar-refractivity contribution in [3.8, 4) is 0 Å². The van der Waals surface area contributed by atoms with Gasteiger partial charge in [0.25, 0.3) is 5.56 Å². The molecule has 2 aromatic rings. The van der Waals surface area contributed by atoms with Crippen LogP contribution in [0.5, 0.6) is 0 Å². The number of H-pyrrole nitrogens is 1. The van der Waals surface area contributed by atoms with Crippen molar-refractivity contribution >= 4 is 11.5 Å². The van der Waals surface area contributed by atoms with Gasteiger partial charge in [-0.05, 0) is 42.8 Å².